The molecule has 1 amide bonds. The summed E-state index contributed by atoms with van der Waals surface area (Å²) in [5, 5.41) is 5.80. The predicted octanol–water partition coefficient (Wildman–Crippen LogP) is 4.74. The van der Waals surface area contributed by atoms with E-state index >= 15 is 0 Å². The van der Waals surface area contributed by atoms with Crippen LogP contribution in [0.25, 0.3) is 10.9 Å². The molecule has 1 unspecified atom stereocenters. The van der Waals surface area contributed by atoms with Crippen LogP contribution in [0.4, 0.5) is 5.13 Å². The summed E-state index contributed by atoms with van der Waals surface area (Å²) in [4.78, 5) is 37.6. The molecule has 0 radical (unpaired) electrons. The summed E-state index contributed by atoms with van der Waals surface area (Å²) in [5.41, 5.74) is 5.08. The first kappa shape index (κ1) is 23.1. The number of pyridine rings is 1. The lowest BCUT2D eigenvalue weighted by Gasteiger charge is -2.30. The van der Waals surface area contributed by atoms with E-state index in [1.54, 1.807) is 6.92 Å². The first-order valence-electron chi connectivity index (χ1n) is 11.6. The molecule has 4 aromatic rings. The molecule has 0 bridgehead atoms. The zero-order valence-electron chi connectivity index (χ0n) is 19.7. The first-order chi connectivity index (χ1) is 17.0. The van der Waals surface area contributed by atoms with Crippen molar-refractivity contribution in [2.75, 3.05) is 11.9 Å². The summed E-state index contributed by atoms with van der Waals surface area (Å²) in [6.07, 6.45) is -0.231. The molecular formula is C27H26N4O3S. The monoisotopic (exact) mass is 486 g/mol. The highest BCUT2D eigenvalue weighted by Crippen LogP contribution is 2.30. The Kier molecular flexibility index (Phi) is 6.57. The van der Waals surface area contributed by atoms with Gasteiger partial charge in [-0.25, -0.2) is 9.78 Å². The number of carbonyl (C=O) groups is 2. The average Bonchev–Trinajstić information content (AvgIpc) is 3.27. The van der Waals surface area contributed by atoms with Crippen molar-refractivity contribution in [1.82, 2.24) is 14.9 Å². The fourth-order valence-electron chi connectivity index (χ4n) is 4.35. The molecule has 2 aromatic carbocycles. The molecule has 0 saturated carbocycles. The van der Waals surface area contributed by atoms with Gasteiger partial charge in [0.25, 0.3) is 5.91 Å². The van der Waals surface area contributed by atoms with Gasteiger partial charge >= 0.3 is 5.97 Å². The number of rotatable bonds is 6. The molecule has 8 heteroatoms. The minimum atomic E-state index is -0.974. The van der Waals surface area contributed by atoms with Gasteiger partial charge < -0.3 is 4.74 Å². The molecule has 1 N–H and O–H groups in total. The molecule has 5 rings (SSSR count). The van der Waals surface area contributed by atoms with E-state index in [1.165, 1.54) is 16.9 Å². The highest BCUT2D eigenvalue weighted by atomic mass is 32.1. The number of aryl methyl sites for hydroxylation is 1. The minimum absolute atomic E-state index is 0.411. The molecule has 1 atom stereocenters. The van der Waals surface area contributed by atoms with Crippen molar-refractivity contribution in [2.24, 2.45) is 0 Å². The SMILES string of the molecule is Cc1csc(NC(=O)C(C)OC(=O)c2c3c(nc4ccccc24)CCN(Cc2ccccc2)C3)n1. The van der Waals surface area contributed by atoms with Crippen LogP contribution in [0, 0.1) is 6.92 Å². The van der Waals surface area contributed by atoms with Gasteiger partial charge in [-0.3, -0.25) is 20.0 Å². The summed E-state index contributed by atoms with van der Waals surface area (Å²) < 4.78 is 5.68. The van der Waals surface area contributed by atoms with Crippen molar-refractivity contribution >= 4 is 39.2 Å². The number of carbonyl (C=O) groups excluding carboxylic acids is 2. The summed E-state index contributed by atoms with van der Waals surface area (Å²) in [5.74, 6) is -0.926. The smallest absolute Gasteiger partial charge is 0.339 e. The lowest BCUT2D eigenvalue weighted by Crippen LogP contribution is -2.34. The van der Waals surface area contributed by atoms with Gasteiger partial charge in [-0.05, 0) is 25.5 Å². The summed E-state index contributed by atoms with van der Waals surface area (Å²) in [7, 11) is 0. The zero-order valence-corrected chi connectivity index (χ0v) is 20.5. The Morgan fingerprint density at radius 2 is 1.89 bits per heavy atom. The van der Waals surface area contributed by atoms with E-state index in [0.29, 0.717) is 17.2 Å². The average molecular weight is 487 g/mol. The molecule has 3 heterocycles. The van der Waals surface area contributed by atoms with Crippen LogP contribution in [-0.4, -0.2) is 39.4 Å². The van der Waals surface area contributed by atoms with Crippen molar-refractivity contribution in [2.45, 2.75) is 39.5 Å². The molecule has 2 aromatic heterocycles. The third-order valence-corrected chi connectivity index (χ3v) is 6.96. The second kappa shape index (κ2) is 9.93. The number of esters is 1. The number of anilines is 1. The van der Waals surface area contributed by atoms with Gasteiger partial charge in [-0.2, -0.15) is 0 Å². The number of ether oxygens (including phenoxy) is 1. The largest absolute Gasteiger partial charge is 0.449 e. The molecule has 7 nitrogen and oxygen atoms in total. The number of fused-ring (bicyclic) bond motifs is 2. The number of benzene rings is 2. The van der Waals surface area contributed by atoms with Gasteiger partial charge in [0.1, 0.15) is 0 Å². The number of nitrogens with zero attached hydrogens (tertiary/aromatic N) is 3. The Bertz CT molecular complexity index is 1390. The van der Waals surface area contributed by atoms with E-state index in [4.69, 9.17) is 9.72 Å². The van der Waals surface area contributed by atoms with E-state index in [-0.39, 0.29) is 0 Å². The Morgan fingerprint density at radius 1 is 1.11 bits per heavy atom. The maximum absolute atomic E-state index is 13.5. The van der Waals surface area contributed by atoms with Crippen LogP contribution in [0.2, 0.25) is 0 Å². The van der Waals surface area contributed by atoms with Crippen LogP contribution in [-0.2, 0) is 29.0 Å². The topological polar surface area (TPSA) is 84.4 Å². The second-order valence-corrected chi connectivity index (χ2v) is 9.56. The van der Waals surface area contributed by atoms with Crippen molar-refractivity contribution in [3.05, 3.63) is 88.1 Å². The maximum Gasteiger partial charge on any atom is 0.339 e. The van der Waals surface area contributed by atoms with E-state index in [2.05, 4.69) is 27.3 Å². The van der Waals surface area contributed by atoms with Gasteiger partial charge in [0.05, 0.1) is 16.8 Å². The molecule has 0 aliphatic carbocycles. The Balaban J connectivity index is 1.42. The van der Waals surface area contributed by atoms with Crippen LogP contribution in [0.5, 0.6) is 0 Å². The molecular weight excluding hydrogens is 460 g/mol. The quantitative estimate of drug-likeness (QED) is 0.396. The minimum Gasteiger partial charge on any atom is -0.449 e. The van der Waals surface area contributed by atoms with Crippen LogP contribution < -0.4 is 5.32 Å². The van der Waals surface area contributed by atoms with Crippen LogP contribution in [0.3, 0.4) is 0 Å². The van der Waals surface area contributed by atoms with Crippen molar-refractivity contribution in [3.63, 3.8) is 0 Å². The summed E-state index contributed by atoms with van der Waals surface area (Å²) >= 11 is 1.33. The highest BCUT2D eigenvalue weighted by Gasteiger charge is 2.29. The molecule has 0 fully saturated rings. The molecule has 1 aliphatic rings. The lowest BCUT2D eigenvalue weighted by atomic mass is 9.95. The molecule has 1 aliphatic heterocycles. The van der Waals surface area contributed by atoms with Crippen molar-refractivity contribution < 1.29 is 14.3 Å². The zero-order chi connectivity index (χ0) is 24.4. The number of hydrogen-bond donors (Lipinski definition) is 1. The third-order valence-electron chi connectivity index (χ3n) is 6.08. The Labute approximate surface area is 207 Å². The molecule has 35 heavy (non-hydrogen) atoms. The van der Waals surface area contributed by atoms with Gasteiger partial charge in [0.2, 0.25) is 0 Å². The van der Waals surface area contributed by atoms with Gasteiger partial charge in [0, 0.05) is 48.1 Å². The molecule has 178 valence electrons. The normalized spacial score (nSPS) is 14.3. The number of thiazole rings is 1. The molecule has 0 saturated heterocycles. The predicted molar refractivity (Wildman–Crippen MR) is 136 cm³/mol. The summed E-state index contributed by atoms with van der Waals surface area (Å²) in [6.45, 7) is 5.66. The Morgan fingerprint density at radius 3 is 2.66 bits per heavy atom. The van der Waals surface area contributed by atoms with Crippen molar-refractivity contribution in [3.8, 4) is 0 Å². The standard InChI is InChI=1S/C27H26N4O3S/c1-17-16-35-27(28-17)30-25(32)18(2)34-26(33)24-20-10-6-7-11-22(20)29-23-12-13-31(15-21(23)24)14-19-8-4-3-5-9-19/h3-11,16,18H,12-15H2,1-2H3,(H,28,30,32). The van der Waals surface area contributed by atoms with Crippen LogP contribution in [0.1, 0.15) is 39.8 Å². The number of aromatic nitrogens is 2. The molecule has 0 spiro atoms. The number of para-hydroxylation sites is 1. The lowest BCUT2D eigenvalue weighted by molar-refractivity contribution is -0.123. The van der Waals surface area contributed by atoms with Gasteiger partial charge in [0.15, 0.2) is 11.2 Å². The van der Waals surface area contributed by atoms with E-state index in [0.717, 1.165) is 47.4 Å². The number of nitrogens with one attached hydrogen (secondary N) is 1. The van der Waals surface area contributed by atoms with E-state index in [9.17, 15) is 9.59 Å². The van der Waals surface area contributed by atoms with Gasteiger partial charge in [-0.1, -0.05) is 48.5 Å². The fraction of sp³-hybridized carbons (Fsp3) is 0.259. The van der Waals surface area contributed by atoms with Gasteiger partial charge in [-0.15, -0.1) is 11.3 Å². The summed E-state index contributed by atoms with van der Waals surface area (Å²) in [6, 6.07) is 17.9. The number of hydrogen-bond acceptors (Lipinski definition) is 7. The fourth-order valence-corrected chi connectivity index (χ4v) is 5.04. The van der Waals surface area contributed by atoms with E-state index in [1.807, 2.05) is 54.8 Å². The van der Waals surface area contributed by atoms with Crippen LogP contribution in [0.15, 0.2) is 60.0 Å². The highest BCUT2D eigenvalue weighted by molar-refractivity contribution is 7.13. The van der Waals surface area contributed by atoms with E-state index < -0.39 is 18.0 Å². The third kappa shape index (κ3) is 5.08. The van der Waals surface area contributed by atoms with Crippen LogP contribution >= 0.6 is 11.3 Å². The maximum atomic E-state index is 13.5. The Hall–Kier alpha value is -3.62. The first-order valence-corrected chi connectivity index (χ1v) is 12.5. The van der Waals surface area contributed by atoms with Crippen molar-refractivity contribution in [1.29, 1.82) is 0 Å². The second-order valence-electron chi connectivity index (χ2n) is 8.71. The number of amides is 1.